The maximum Gasteiger partial charge on any atom is 0.220 e. The molecule has 0 radical (unpaired) electrons. The van der Waals surface area contributed by atoms with E-state index in [0.29, 0.717) is 70.8 Å². The monoisotopic (exact) mass is 756 g/mol. The molecule has 0 spiro atoms. The molecule has 0 aliphatic carbocycles. The van der Waals surface area contributed by atoms with Crippen molar-refractivity contribution in [2.45, 2.75) is 57.8 Å². The number of rotatable bonds is 12. The van der Waals surface area contributed by atoms with Crippen molar-refractivity contribution in [2.75, 3.05) is 33.9 Å². The van der Waals surface area contributed by atoms with E-state index in [9.17, 15) is 9.59 Å². The zero-order valence-corrected chi connectivity index (χ0v) is 31.4. The number of nitrogens with one attached hydrogen (secondary N) is 3. The van der Waals surface area contributed by atoms with Gasteiger partial charge in [-0.3, -0.25) is 14.6 Å². The second-order valence-corrected chi connectivity index (χ2v) is 14.2. The Hall–Kier alpha value is -4.75. The third kappa shape index (κ3) is 7.96. The summed E-state index contributed by atoms with van der Waals surface area (Å²) in [4.78, 5) is 39.5. The van der Waals surface area contributed by atoms with Crippen molar-refractivity contribution in [1.29, 1.82) is 0 Å². The van der Waals surface area contributed by atoms with Crippen molar-refractivity contribution in [3.63, 3.8) is 0 Å². The van der Waals surface area contributed by atoms with Crippen molar-refractivity contribution < 1.29 is 19.1 Å². The molecule has 2 fully saturated rings. The summed E-state index contributed by atoms with van der Waals surface area (Å²) in [5, 5.41) is 10.9. The summed E-state index contributed by atoms with van der Waals surface area (Å²) in [5.74, 6) is 1.31. The van der Waals surface area contributed by atoms with Crippen LogP contribution in [-0.2, 0) is 22.7 Å². The first-order chi connectivity index (χ1) is 25.7. The number of likely N-dealkylation sites (tertiary alicyclic amines) is 1. The number of fused-ring (bicyclic) bond motifs is 1. The van der Waals surface area contributed by atoms with Gasteiger partial charge in [-0.05, 0) is 37.5 Å². The number of carbonyl (C=O) groups excluding carboxylic acids is 2. The number of halogens is 2. The number of ether oxygens (including phenoxy) is 2. The minimum Gasteiger partial charge on any atom is -0.493 e. The van der Waals surface area contributed by atoms with Gasteiger partial charge in [-0.15, -0.1) is 0 Å². The Morgan fingerprint density at radius 1 is 0.962 bits per heavy atom. The number of amides is 2. The summed E-state index contributed by atoms with van der Waals surface area (Å²) in [5.41, 5.74) is 6.65. The zero-order valence-electron chi connectivity index (χ0n) is 29.9. The minimum absolute atomic E-state index is 0.0958. The van der Waals surface area contributed by atoms with Gasteiger partial charge in [0.2, 0.25) is 17.7 Å². The van der Waals surface area contributed by atoms with Crippen molar-refractivity contribution in [3.8, 4) is 45.3 Å². The fourth-order valence-corrected chi connectivity index (χ4v) is 7.71. The third-order valence-electron chi connectivity index (χ3n) is 9.95. The second-order valence-electron chi connectivity index (χ2n) is 13.4. The molecule has 1 atom stereocenters. The van der Waals surface area contributed by atoms with E-state index >= 15 is 0 Å². The molecule has 4 aromatic heterocycles. The molecule has 53 heavy (non-hydrogen) atoms. The quantitative estimate of drug-likeness (QED) is 0.142. The molecule has 0 saturated carbocycles. The lowest BCUT2D eigenvalue weighted by molar-refractivity contribution is -0.130. The van der Waals surface area contributed by atoms with Crippen LogP contribution in [0.15, 0.2) is 61.1 Å². The van der Waals surface area contributed by atoms with Crippen molar-refractivity contribution >= 4 is 40.7 Å². The highest BCUT2D eigenvalue weighted by Gasteiger charge is 2.23. The molecule has 1 aromatic carbocycles. The molecule has 2 aliphatic heterocycles. The average molecular weight is 758 g/mol. The molecular weight excluding hydrogens is 715 g/mol. The Morgan fingerprint density at radius 2 is 1.75 bits per heavy atom. The Kier molecular flexibility index (Phi) is 11.1. The number of carbonyl (C=O) groups is 2. The summed E-state index contributed by atoms with van der Waals surface area (Å²) >= 11 is 14.3. The molecule has 7 rings (SSSR count). The molecule has 6 heterocycles. The summed E-state index contributed by atoms with van der Waals surface area (Å²) in [6.45, 7) is 4.96. The number of imidazole rings is 1. The molecule has 2 aliphatic rings. The number of piperidine rings is 1. The fourth-order valence-electron chi connectivity index (χ4n) is 7.06. The molecule has 0 unspecified atom stereocenters. The SMILES string of the molecule is COc1nc(-c2cccc(-c3ccnc(-c4cc(OC)c5nc(CNC6CCN(C(C)=O)CC6)cn5c4)c3Cl)c2Cl)ccc1CNC[C@@H]1CCC(=O)N1. The van der Waals surface area contributed by atoms with Crippen LogP contribution in [-0.4, -0.2) is 82.0 Å². The molecule has 2 saturated heterocycles. The van der Waals surface area contributed by atoms with E-state index < -0.39 is 0 Å². The first-order valence-corrected chi connectivity index (χ1v) is 18.5. The predicted octanol–water partition coefficient (Wildman–Crippen LogP) is 5.92. The fraction of sp³-hybridized carbons (Fsp3) is 0.359. The van der Waals surface area contributed by atoms with Gasteiger partial charge in [0.15, 0.2) is 11.4 Å². The Balaban J connectivity index is 1.11. The topological polar surface area (TPSA) is 135 Å². The van der Waals surface area contributed by atoms with Gasteiger partial charge in [0.1, 0.15) is 0 Å². The van der Waals surface area contributed by atoms with Gasteiger partial charge >= 0.3 is 0 Å². The van der Waals surface area contributed by atoms with E-state index in [1.165, 1.54) is 0 Å². The summed E-state index contributed by atoms with van der Waals surface area (Å²) in [6, 6.07) is 13.9. The van der Waals surface area contributed by atoms with E-state index in [2.05, 4.69) is 20.9 Å². The summed E-state index contributed by atoms with van der Waals surface area (Å²) in [7, 11) is 3.22. The van der Waals surface area contributed by atoms with Crippen LogP contribution >= 0.6 is 23.2 Å². The normalized spacial score (nSPS) is 16.3. The first kappa shape index (κ1) is 36.6. The maximum absolute atomic E-state index is 11.7. The van der Waals surface area contributed by atoms with Crippen LogP contribution in [0.1, 0.15) is 43.9 Å². The Morgan fingerprint density at radius 3 is 2.49 bits per heavy atom. The largest absolute Gasteiger partial charge is 0.493 e. The van der Waals surface area contributed by atoms with Gasteiger partial charge in [0.05, 0.1) is 41.3 Å². The van der Waals surface area contributed by atoms with Crippen LogP contribution in [0.5, 0.6) is 11.6 Å². The Labute approximate surface area is 318 Å². The van der Waals surface area contributed by atoms with Gasteiger partial charge < -0.3 is 34.7 Å². The van der Waals surface area contributed by atoms with E-state index in [1.54, 1.807) is 27.3 Å². The molecule has 12 nitrogen and oxygen atoms in total. The first-order valence-electron chi connectivity index (χ1n) is 17.7. The van der Waals surface area contributed by atoms with Crippen molar-refractivity contribution in [2.24, 2.45) is 0 Å². The predicted molar refractivity (Wildman–Crippen MR) is 205 cm³/mol. The van der Waals surface area contributed by atoms with Gasteiger partial charge in [0.25, 0.3) is 0 Å². The zero-order chi connectivity index (χ0) is 37.1. The van der Waals surface area contributed by atoms with Crippen LogP contribution in [0.2, 0.25) is 10.0 Å². The highest BCUT2D eigenvalue weighted by Crippen LogP contribution is 2.42. The van der Waals surface area contributed by atoms with E-state index in [4.69, 9.17) is 42.6 Å². The van der Waals surface area contributed by atoms with E-state index in [1.807, 2.05) is 64.2 Å². The average Bonchev–Trinajstić information content (AvgIpc) is 3.79. The minimum atomic E-state index is 0.0958. The summed E-state index contributed by atoms with van der Waals surface area (Å²) in [6.07, 6.45) is 8.87. The standard InChI is InChI=1S/C39H42Cl2N8O4/c1-23(50)48-15-12-26(13-16-48)44-20-28-22-49-21-25(17-33(52-2)38(49)46-28)37-36(41)30(11-14-43-37)29-5-4-6-31(35(29)40)32-9-7-24(39(47-32)53-3)18-42-19-27-8-10-34(51)45-27/h4-7,9,11,14,17,21-22,26-27,42,44H,8,10,12-13,15-16,18-20H2,1-3H3,(H,45,51)/t27-/m0/s1. The van der Waals surface area contributed by atoms with Gasteiger partial charge in [-0.1, -0.05) is 47.5 Å². The highest BCUT2D eigenvalue weighted by atomic mass is 35.5. The number of nitrogens with zero attached hydrogens (tertiary/aromatic N) is 5. The lowest BCUT2D eigenvalue weighted by Crippen LogP contribution is -2.43. The van der Waals surface area contributed by atoms with Gasteiger partial charge in [-0.25, -0.2) is 9.97 Å². The number of hydrogen-bond acceptors (Lipinski definition) is 9. The lowest BCUT2D eigenvalue weighted by atomic mass is 10.00. The number of hydrogen-bond donors (Lipinski definition) is 3. The van der Waals surface area contributed by atoms with Gasteiger partial charge in [-0.2, -0.15) is 0 Å². The highest BCUT2D eigenvalue weighted by molar-refractivity contribution is 6.39. The third-order valence-corrected chi connectivity index (χ3v) is 10.7. The Bertz CT molecular complexity index is 2150. The molecule has 0 bridgehead atoms. The molecule has 5 aromatic rings. The molecule has 3 N–H and O–H groups in total. The van der Waals surface area contributed by atoms with Crippen LogP contribution in [0.4, 0.5) is 0 Å². The van der Waals surface area contributed by atoms with Crippen LogP contribution in [0, 0.1) is 0 Å². The molecule has 2 amide bonds. The lowest BCUT2D eigenvalue weighted by Gasteiger charge is -2.31. The number of methoxy groups -OCH3 is 2. The summed E-state index contributed by atoms with van der Waals surface area (Å²) < 4.78 is 13.4. The second kappa shape index (κ2) is 16.1. The van der Waals surface area contributed by atoms with Crippen molar-refractivity contribution in [3.05, 3.63) is 82.4 Å². The van der Waals surface area contributed by atoms with Crippen LogP contribution < -0.4 is 25.4 Å². The van der Waals surface area contributed by atoms with Crippen LogP contribution in [0.25, 0.3) is 39.3 Å². The smallest absolute Gasteiger partial charge is 0.220 e. The maximum atomic E-state index is 11.7. The number of benzene rings is 1. The van der Waals surface area contributed by atoms with E-state index in [0.717, 1.165) is 65.9 Å². The van der Waals surface area contributed by atoms with Crippen molar-refractivity contribution in [1.82, 2.24) is 40.2 Å². The van der Waals surface area contributed by atoms with Crippen LogP contribution in [0.3, 0.4) is 0 Å². The molecular formula is C39H42Cl2N8O4. The van der Waals surface area contributed by atoms with Gasteiger partial charge in [0, 0.05) is 105 Å². The van der Waals surface area contributed by atoms with E-state index in [-0.39, 0.29) is 17.9 Å². The number of aromatic nitrogens is 4. The molecule has 14 heteroatoms. The molecule has 276 valence electrons. The number of pyridine rings is 3.